The first-order chi connectivity index (χ1) is 10.6. The minimum absolute atomic E-state index is 0. The van der Waals surface area contributed by atoms with Crippen molar-refractivity contribution in [3.63, 3.8) is 0 Å². The van der Waals surface area contributed by atoms with Gasteiger partial charge in [-0.15, -0.1) is 12.4 Å². The molecule has 0 radical (unpaired) electrons. The van der Waals surface area contributed by atoms with Crippen molar-refractivity contribution in [3.8, 4) is 0 Å². The molecule has 23 heavy (non-hydrogen) atoms. The van der Waals surface area contributed by atoms with Crippen LogP contribution in [0.1, 0.15) is 24.5 Å². The minimum atomic E-state index is -0.845. The van der Waals surface area contributed by atoms with Crippen LogP contribution < -0.4 is 5.73 Å². The van der Waals surface area contributed by atoms with E-state index >= 15 is 0 Å². The second-order valence-corrected chi connectivity index (χ2v) is 5.93. The van der Waals surface area contributed by atoms with Gasteiger partial charge in [0.25, 0.3) is 0 Å². The average Bonchev–Trinajstić information content (AvgIpc) is 2.55. The zero-order valence-corrected chi connectivity index (χ0v) is 13.7. The predicted molar refractivity (Wildman–Crippen MR) is 85.9 cm³/mol. The zero-order valence-electron chi connectivity index (χ0n) is 12.9. The number of benzene rings is 1. The van der Waals surface area contributed by atoms with E-state index in [4.69, 9.17) is 15.2 Å². The molecule has 0 bridgehead atoms. The van der Waals surface area contributed by atoms with Gasteiger partial charge in [0.15, 0.2) is 0 Å². The summed E-state index contributed by atoms with van der Waals surface area (Å²) >= 11 is 0. The van der Waals surface area contributed by atoms with Crippen LogP contribution in [0.25, 0.3) is 0 Å². The molecule has 2 fully saturated rings. The van der Waals surface area contributed by atoms with E-state index < -0.39 is 5.54 Å². The Morgan fingerprint density at radius 2 is 2.04 bits per heavy atom. The number of halogens is 2. The van der Waals surface area contributed by atoms with Crippen molar-refractivity contribution in [1.29, 1.82) is 0 Å². The average molecular weight is 345 g/mol. The first-order valence-electron chi connectivity index (χ1n) is 7.61. The van der Waals surface area contributed by atoms with E-state index in [1.807, 2.05) is 6.07 Å². The normalized spacial score (nSPS) is 23.9. The lowest BCUT2D eigenvalue weighted by Gasteiger charge is -2.40. The van der Waals surface area contributed by atoms with E-state index in [1.165, 1.54) is 12.1 Å². The van der Waals surface area contributed by atoms with Crippen molar-refractivity contribution in [2.45, 2.75) is 24.5 Å². The standard InChI is InChI=1S/C16H21FN2O3.ClH/c17-13-3-1-2-12(10-13)14-11-19(6-9-22-14)15(20)16(18)4-7-21-8-5-16;/h1-3,10,14H,4-9,11,18H2;1H. The first-order valence-corrected chi connectivity index (χ1v) is 7.61. The quantitative estimate of drug-likeness (QED) is 0.886. The molecular formula is C16H22ClFN2O3. The summed E-state index contributed by atoms with van der Waals surface area (Å²) in [6, 6.07) is 6.31. The highest BCUT2D eigenvalue weighted by Gasteiger charge is 2.40. The maximum absolute atomic E-state index is 13.4. The molecule has 5 nitrogen and oxygen atoms in total. The van der Waals surface area contributed by atoms with Crippen LogP contribution in [0.2, 0.25) is 0 Å². The van der Waals surface area contributed by atoms with E-state index in [2.05, 4.69) is 0 Å². The van der Waals surface area contributed by atoms with Crippen LogP contribution in [-0.2, 0) is 14.3 Å². The van der Waals surface area contributed by atoms with Gasteiger partial charge in [-0.1, -0.05) is 12.1 Å². The van der Waals surface area contributed by atoms with Gasteiger partial charge in [-0.2, -0.15) is 0 Å². The fourth-order valence-corrected chi connectivity index (χ4v) is 3.01. The van der Waals surface area contributed by atoms with Gasteiger partial charge in [-0.25, -0.2) is 4.39 Å². The number of carbonyl (C=O) groups excluding carboxylic acids is 1. The monoisotopic (exact) mass is 344 g/mol. The third kappa shape index (κ3) is 4.01. The molecule has 128 valence electrons. The third-order valence-corrected chi connectivity index (χ3v) is 4.39. The summed E-state index contributed by atoms with van der Waals surface area (Å²) in [5.74, 6) is -0.357. The third-order valence-electron chi connectivity index (χ3n) is 4.39. The van der Waals surface area contributed by atoms with Crippen LogP contribution >= 0.6 is 12.4 Å². The molecule has 0 saturated carbocycles. The summed E-state index contributed by atoms with van der Waals surface area (Å²) in [6.45, 7) is 2.38. The Bertz CT molecular complexity index is 552. The molecule has 2 heterocycles. The predicted octanol–water partition coefficient (Wildman–Crippen LogP) is 1.66. The SMILES string of the molecule is Cl.NC1(C(=O)N2CCOC(c3cccc(F)c3)C2)CCOCC1. The van der Waals surface area contributed by atoms with E-state index in [-0.39, 0.29) is 30.2 Å². The Labute approximate surface area is 141 Å². The molecule has 3 rings (SSSR count). The Kier molecular flexibility index (Phi) is 5.97. The van der Waals surface area contributed by atoms with Crippen molar-refractivity contribution in [2.24, 2.45) is 5.73 Å². The largest absolute Gasteiger partial charge is 0.381 e. The lowest BCUT2D eigenvalue weighted by Crippen LogP contribution is -2.60. The molecule has 2 aliphatic rings. The number of ether oxygens (including phenoxy) is 2. The number of hydrogen-bond acceptors (Lipinski definition) is 4. The minimum Gasteiger partial charge on any atom is -0.381 e. The number of hydrogen-bond donors (Lipinski definition) is 1. The molecule has 7 heteroatoms. The van der Waals surface area contributed by atoms with Gasteiger partial charge >= 0.3 is 0 Å². The van der Waals surface area contributed by atoms with Crippen LogP contribution in [0.4, 0.5) is 4.39 Å². The summed E-state index contributed by atoms with van der Waals surface area (Å²) in [4.78, 5) is 14.5. The molecule has 1 unspecified atom stereocenters. The van der Waals surface area contributed by atoms with Crippen molar-refractivity contribution in [1.82, 2.24) is 4.90 Å². The summed E-state index contributed by atoms with van der Waals surface area (Å²) < 4.78 is 24.3. The molecule has 0 aromatic heterocycles. The fraction of sp³-hybridized carbons (Fsp3) is 0.562. The van der Waals surface area contributed by atoms with E-state index in [1.54, 1.807) is 11.0 Å². The van der Waals surface area contributed by atoms with Gasteiger partial charge in [0, 0.05) is 19.8 Å². The van der Waals surface area contributed by atoms with Gasteiger partial charge in [0.1, 0.15) is 11.9 Å². The smallest absolute Gasteiger partial charge is 0.243 e. The number of carbonyl (C=O) groups is 1. The molecular weight excluding hydrogens is 323 g/mol. The summed E-state index contributed by atoms with van der Waals surface area (Å²) in [7, 11) is 0. The maximum atomic E-state index is 13.4. The summed E-state index contributed by atoms with van der Waals surface area (Å²) in [5.41, 5.74) is 6.17. The van der Waals surface area contributed by atoms with Gasteiger partial charge in [0.05, 0.1) is 18.7 Å². The molecule has 2 N–H and O–H groups in total. The van der Waals surface area contributed by atoms with Gasteiger partial charge in [-0.05, 0) is 30.5 Å². The molecule has 1 aromatic carbocycles. The maximum Gasteiger partial charge on any atom is 0.243 e. The molecule has 1 aromatic rings. The van der Waals surface area contributed by atoms with Crippen molar-refractivity contribution in [3.05, 3.63) is 35.6 Å². The van der Waals surface area contributed by atoms with Crippen LogP contribution in [0, 0.1) is 5.82 Å². The zero-order chi connectivity index (χ0) is 15.6. The molecule has 1 amide bonds. The molecule has 0 aliphatic carbocycles. The van der Waals surface area contributed by atoms with Gasteiger partial charge in [-0.3, -0.25) is 4.79 Å². The van der Waals surface area contributed by atoms with Gasteiger partial charge in [0.2, 0.25) is 5.91 Å². The molecule has 2 aliphatic heterocycles. The van der Waals surface area contributed by atoms with Crippen molar-refractivity contribution < 1.29 is 18.7 Å². The van der Waals surface area contributed by atoms with E-state index in [9.17, 15) is 9.18 Å². The fourth-order valence-electron chi connectivity index (χ4n) is 3.01. The highest BCUT2D eigenvalue weighted by molar-refractivity contribution is 5.86. The van der Waals surface area contributed by atoms with Crippen molar-refractivity contribution in [2.75, 3.05) is 32.9 Å². The topological polar surface area (TPSA) is 64.8 Å². The number of nitrogens with two attached hydrogens (primary N) is 1. The molecule has 1 atom stereocenters. The van der Waals surface area contributed by atoms with Crippen LogP contribution in [0.5, 0.6) is 0 Å². The first kappa shape index (κ1) is 18.1. The number of morpholine rings is 1. The highest BCUT2D eigenvalue weighted by atomic mass is 35.5. The van der Waals surface area contributed by atoms with Crippen LogP contribution in [0.3, 0.4) is 0 Å². The Morgan fingerprint density at radius 3 is 2.74 bits per heavy atom. The number of rotatable bonds is 2. The second-order valence-electron chi connectivity index (χ2n) is 5.93. The lowest BCUT2D eigenvalue weighted by atomic mass is 9.89. The van der Waals surface area contributed by atoms with Crippen molar-refractivity contribution >= 4 is 18.3 Å². The Morgan fingerprint density at radius 1 is 1.30 bits per heavy atom. The number of nitrogens with zero attached hydrogens (tertiary/aromatic N) is 1. The summed E-state index contributed by atoms with van der Waals surface area (Å²) in [5, 5.41) is 0. The summed E-state index contributed by atoms with van der Waals surface area (Å²) in [6.07, 6.45) is 0.763. The molecule has 2 saturated heterocycles. The van der Waals surface area contributed by atoms with Crippen LogP contribution in [0.15, 0.2) is 24.3 Å². The number of amides is 1. The van der Waals surface area contributed by atoms with Crippen LogP contribution in [-0.4, -0.2) is 49.3 Å². The lowest BCUT2D eigenvalue weighted by molar-refractivity contribution is -0.148. The Balaban J connectivity index is 0.00000192. The Hall–Kier alpha value is -1.21. The van der Waals surface area contributed by atoms with E-state index in [0.29, 0.717) is 45.8 Å². The molecule has 0 spiro atoms. The highest BCUT2D eigenvalue weighted by Crippen LogP contribution is 2.26. The van der Waals surface area contributed by atoms with Gasteiger partial charge < -0.3 is 20.1 Å². The second kappa shape index (κ2) is 7.57. The van der Waals surface area contributed by atoms with E-state index in [0.717, 1.165) is 5.56 Å².